The molecule has 0 bridgehead atoms. The van der Waals surface area contributed by atoms with E-state index in [4.69, 9.17) is 4.74 Å². The van der Waals surface area contributed by atoms with Gasteiger partial charge < -0.3 is 15.0 Å². The topological polar surface area (TPSA) is 96.0 Å². The van der Waals surface area contributed by atoms with Gasteiger partial charge in [0.25, 0.3) is 5.91 Å². The molecule has 2 aromatic rings. The number of carbonyl (C=O) groups excluding carboxylic acids is 2. The highest BCUT2D eigenvalue weighted by molar-refractivity contribution is 7.89. The Balaban J connectivity index is 1.93. The van der Waals surface area contributed by atoms with E-state index in [1.807, 2.05) is 20.8 Å². The number of fused-ring (bicyclic) bond motifs is 1. The van der Waals surface area contributed by atoms with Gasteiger partial charge in [-0.3, -0.25) is 9.59 Å². The van der Waals surface area contributed by atoms with Crippen LogP contribution in [0.5, 0.6) is 5.75 Å². The molecule has 3 rings (SSSR count). The summed E-state index contributed by atoms with van der Waals surface area (Å²) in [6.45, 7) is 10.4. The summed E-state index contributed by atoms with van der Waals surface area (Å²) in [5.74, 6) is 0.0643. The van der Waals surface area contributed by atoms with Gasteiger partial charge in [-0.1, -0.05) is 20.8 Å². The van der Waals surface area contributed by atoms with Crippen molar-refractivity contribution in [1.82, 2.24) is 4.31 Å². The lowest BCUT2D eigenvalue weighted by Gasteiger charge is -2.21. The molecule has 0 radical (unpaired) electrons. The van der Waals surface area contributed by atoms with Gasteiger partial charge in [0.05, 0.1) is 16.7 Å². The average Bonchev–Trinajstić information content (AvgIpc) is 3.23. The Kier molecular flexibility index (Phi) is 7.99. The summed E-state index contributed by atoms with van der Waals surface area (Å²) in [4.78, 5) is 27.1. The van der Waals surface area contributed by atoms with Crippen LogP contribution in [0.15, 0.2) is 41.3 Å². The largest absolute Gasteiger partial charge is 0.489 e. The minimum Gasteiger partial charge on any atom is -0.489 e. The number of nitrogens with zero attached hydrogens (tertiary/aromatic N) is 2. The molecule has 0 saturated carbocycles. The number of hydrogen-bond donors (Lipinski definition) is 1. The first kappa shape index (κ1) is 25.7. The molecule has 0 atom stereocenters. The number of rotatable bonds is 9. The molecule has 0 spiro atoms. The molecule has 0 aromatic heterocycles. The van der Waals surface area contributed by atoms with E-state index in [0.29, 0.717) is 43.8 Å². The van der Waals surface area contributed by atoms with Crippen LogP contribution in [0, 0.1) is 0 Å². The quantitative estimate of drug-likeness (QED) is 0.576. The van der Waals surface area contributed by atoms with E-state index in [1.54, 1.807) is 43.0 Å². The smallest absolute Gasteiger partial charge is 0.255 e. The van der Waals surface area contributed by atoms with Crippen molar-refractivity contribution < 1.29 is 22.7 Å². The highest BCUT2D eigenvalue weighted by atomic mass is 32.2. The lowest BCUT2D eigenvalue weighted by atomic mass is 10.1. The molecule has 1 N–H and O–H groups in total. The Labute approximate surface area is 201 Å². The second-order valence-corrected chi connectivity index (χ2v) is 10.3. The van der Waals surface area contributed by atoms with Crippen LogP contribution >= 0.6 is 0 Å². The van der Waals surface area contributed by atoms with E-state index in [9.17, 15) is 18.0 Å². The fraction of sp³-hybridized carbons (Fsp3) is 0.440. The van der Waals surface area contributed by atoms with E-state index in [2.05, 4.69) is 5.32 Å². The Morgan fingerprint density at radius 1 is 1.09 bits per heavy atom. The number of hydrogen-bond acceptors (Lipinski definition) is 5. The summed E-state index contributed by atoms with van der Waals surface area (Å²) in [6.07, 6.45) is 0.942. The van der Waals surface area contributed by atoms with Gasteiger partial charge in [-0.05, 0) is 62.2 Å². The van der Waals surface area contributed by atoms with Crippen molar-refractivity contribution in [3.8, 4) is 5.75 Å². The maximum atomic E-state index is 13.1. The lowest BCUT2D eigenvalue weighted by Crippen LogP contribution is -2.30. The first-order valence-electron chi connectivity index (χ1n) is 11.7. The van der Waals surface area contributed by atoms with Crippen molar-refractivity contribution in [2.24, 2.45) is 0 Å². The molecular weight excluding hydrogens is 454 g/mol. The van der Waals surface area contributed by atoms with Gasteiger partial charge in [0.15, 0.2) is 0 Å². The van der Waals surface area contributed by atoms with E-state index >= 15 is 0 Å². The summed E-state index contributed by atoms with van der Waals surface area (Å²) in [6, 6.07) is 9.76. The molecule has 2 amide bonds. The first-order chi connectivity index (χ1) is 16.1. The maximum absolute atomic E-state index is 13.1. The predicted octanol–water partition coefficient (Wildman–Crippen LogP) is 4.06. The Hall–Kier alpha value is -2.91. The van der Waals surface area contributed by atoms with Gasteiger partial charge >= 0.3 is 0 Å². The van der Waals surface area contributed by atoms with Crippen molar-refractivity contribution in [3.63, 3.8) is 0 Å². The molecule has 0 aliphatic carbocycles. The highest BCUT2D eigenvalue weighted by Gasteiger charge is 2.26. The van der Waals surface area contributed by atoms with Crippen molar-refractivity contribution in [2.45, 2.75) is 58.5 Å². The number of sulfonamides is 1. The zero-order chi connectivity index (χ0) is 25.0. The van der Waals surface area contributed by atoms with Crippen molar-refractivity contribution in [3.05, 3.63) is 47.5 Å². The lowest BCUT2D eigenvalue weighted by molar-refractivity contribution is -0.118. The fourth-order valence-corrected chi connectivity index (χ4v) is 5.51. The second-order valence-electron chi connectivity index (χ2n) is 8.36. The molecule has 0 fully saturated rings. The fourth-order valence-electron chi connectivity index (χ4n) is 4.02. The Morgan fingerprint density at radius 3 is 2.41 bits per heavy atom. The normalized spacial score (nSPS) is 13.3. The van der Waals surface area contributed by atoms with E-state index in [1.165, 1.54) is 16.4 Å². The number of amides is 2. The highest BCUT2D eigenvalue weighted by Crippen LogP contribution is 2.32. The zero-order valence-electron chi connectivity index (χ0n) is 20.4. The molecule has 0 saturated heterocycles. The standard InChI is InChI=1S/C25H33N3O5S/c1-6-24(29)28-14-13-18-15-19(9-11-22(18)28)25(30)26-21-16-20(10-12-23(21)33-17(4)5)34(31,32)27(7-2)8-3/h9-12,15-17H,6-8,13-14H2,1-5H3,(H,26,30). The van der Waals surface area contributed by atoms with E-state index in [0.717, 1.165) is 11.3 Å². The van der Waals surface area contributed by atoms with Crippen molar-refractivity contribution >= 4 is 33.2 Å². The molecule has 1 aliphatic rings. The van der Waals surface area contributed by atoms with Gasteiger partial charge in [-0.2, -0.15) is 4.31 Å². The third-order valence-electron chi connectivity index (χ3n) is 5.75. The Bertz CT molecular complexity index is 1170. The third kappa shape index (κ3) is 5.26. The van der Waals surface area contributed by atoms with Gasteiger partial charge in [-0.25, -0.2) is 8.42 Å². The van der Waals surface area contributed by atoms with Crippen LogP contribution in [-0.2, 0) is 21.2 Å². The minimum absolute atomic E-state index is 0.0534. The SMILES string of the molecule is CCC(=O)N1CCc2cc(C(=O)Nc3cc(S(=O)(=O)N(CC)CC)ccc3OC(C)C)ccc21. The van der Waals surface area contributed by atoms with Gasteiger partial charge in [0.2, 0.25) is 15.9 Å². The maximum Gasteiger partial charge on any atom is 0.255 e. The monoisotopic (exact) mass is 487 g/mol. The predicted molar refractivity (Wildman–Crippen MR) is 133 cm³/mol. The number of carbonyl (C=O) groups is 2. The molecule has 184 valence electrons. The van der Waals surface area contributed by atoms with Crippen LogP contribution in [-0.4, -0.2) is 50.3 Å². The second kappa shape index (κ2) is 10.6. The number of benzene rings is 2. The number of ether oxygens (including phenoxy) is 1. The summed E-state index contributed by atoms with van der Waals surface area (Å²) in [5, 5.41) is 2.83. The van der Waals surface area contributed by atoms with Gasteiger partial charge in [0.1, 0.15) is 5.75 Å². The average molecular weight is 488 g/mol. The summed E-state index contributed by atoms with van der Waals surface area (Å²) in [5.41, 5.74) is 2.48. The molecule has 1 aliphatic heterocycles. The summed E-state index contributed by atoms with van der Waals surface area (Å²) >= 11 is 0. The number of nitrogens with one attached hydrogen (secondary N) is 1. The van der Waals surface area contributed by atoms with Crippen LogP contribution < -0.4 is 15.0 Å². The number of anilines is 2. The first-order valence-corrected chi connectivity index (χ1v) is 13.1. The van der Waals surface area contributed by atoms with Crippen LogP contribution in [0.1, 0.15) is 57.0 Å². The molecule has 9 heteroatoms. The molecule has 0 unspecified atom stereocenters. The molecule has 34 heavy (non-hydrogen) atoms. The van der Waals surface area contributed by atoms with E-state index < -0.39 is 10.0 Å². The van der Waals surface area contributed by atoms with Crippen molar-refractivity contribution in [1.29, 1.82) is 0 Å². The molecular formula is C25H33N3O5S. The van der Waals surface area contributed by atoms with Crippen LogP contribution in [0.2, 0.25) is 0 Å². The van der Waals surface area contributed by atoms with Crippen molar-refractivity contribution in [2.75, 3.05) is 29.9 Å². The van der Waals surface area contributed by atoms with Gasteiger partial charge in [0, 0.05) is 37.3 Å². The van der Waals surface area contributed by atoms with Crippen LogP contribution in [0.4, 0.5) is 11.4 Å². The zero-order valence-corrected chi connectivity index (χ0v) is 21.2. The summed E-state index contributed by atoms with van der Waals surface area (Å²) < 4.78 is 33.2. The third-order valence-corrected chi connectivity index (χ3v) is 7.79. The van der Waals surface area contributed by atoms with Crippen LogP contribution in [0.3, 0.4) is 0 Å². The molecule has 2 aromatic carbocycles. The molecule has 8 nitrogen and oxygen atoms in total. The summed E-state index contributed by atoms with van der Waals surface area (Å²) in [7, 11) is -3.71. The minimum atomic E-state index is -3.71. The van der Waals surface area contributed by atoms with E-state index in [-0.39, 0.29) is 28.5 Å². The van der Waals surface area contributed by atoms with Crippen LogP contribution in [0.25, 0.3) is 0 Å². The molecule has 1 heterocycles. The Morgan fingerprint density at radius 2 is 1.79 bits per heavy atom. The van der Waals surface area contributed by atoms with Gasteiger partial charge in [-0.15, -0.1) is 0 Å².